The summed E-state index contributed by atoms with van der Waals surface area (Å²) in [5.74, 6) is -0.145. The number of nitrogens with zero attached hydrogens (tertiary/aromatic N) is 6. The number of carbonyl (C=O) groups excluding carboxylic acids is 2. The van der Waals surface area contributed by atoms with E-state index in [0.29, 0.717) is 24.3 Å². The van der Waals surface area contributed by atoms with Gasteiger partial charge in [0.05, 0.1) is 18.6 Å². The second-order valence-electron chi connectivity index (χ2n) is 16.5. The van der Waals surface area contributed by atoms with Crippen LogP contribution in [0.5, 0.6) is 11.8 Å². The van der Waals surface area contributed by atoms with Crippen molar-refractivity contribution in [1.82, 2.24) is 34.6 Å². The molecule has 2 atom stereocenters. The monoisotopic (exact) mass is 825 g/mol. The Bertz CT molecular complexity index is 2420. The van der Waals surface area contributed by atoms with Crippen LogP contribution in [0.3, 0.4) is 0 Å². The molecule has 5 aromatic rings. The summed E-state index contributed by atoms with van der Waals surface area (Å²) in [7, 11) is -3.90. The number of carbonyl (C=O) groups is 2. The van der Waals surface area contributed by atoms with E-state index in [0.717, 1.165) is 38.9 Å². The maximum Gasteiger partial charge on any atom is 0.407 e. The molecule has 1 N–H and O–H groups in total. The van der Waals surface area contributed by atoms with Crippen molar-refractivity contribution in [2.24, 2.45) is 5.41 Å². The second-order valence-corrected chi connectivity index (χ2v) is 18.4. The summed E-state index contributed by atoms with van der Waals surface area (Å²) < 4.78 is 48.7. The molecule has 2 aromatic heterocycles. The molecule has 0 aliphatic carbocycles. The molecule has 1 aliphatic heterocycles. The predicted molar refractivity (Wildman–Crippen MR) is 224 cm³/mol. The van der Waals surface area contributed by atoms with Crippen LogP contribution in [0.25, 0.3) is 11.0 Å². The Morgan fingerprint density at radius 1 is 1.00 bits per heavy atom. The van der Waals surface area contributed by atoms with Crippen molar-refractivity contribution in [3.8, 4) is 11.8 Å². The quantitative estimate of drug-likeness (QED) is 0.114. The van der Waals surface area contributed by atoms with Gasteiger partial charge < -0.3 is 19.5 Å². The second kappa shape index (κ2) is 17.4. The molecule has 314 valence electrons. The Morgan fingerprint density at radius 3 is 2.42 bits per heavy atom. The number of hydrogen-bond donors (Lipinski definition) is 1. The number of para-hydroxylation sites is 1. The number of rotatable bonds is 14. The van der Waals surface area contributed by atoms with Gasteiger partial charge in [-0.2, -0.15) is 4.31 Å². The average Bonchev–Trinajstić information content (AvgIpc) is 3.57. The third kappa shape index (κ3) is 9.57. The van der Waals surface area contributed by atoms with Gasteiger partial charge in [-0.25, -0.2) is 27.9 Å². The Hall–Kier alpha value is -5.41. The highest BCUT2D eigenvalue weighted by molar-refractivity contribution is 7.89. The molecule has 6 rings (SSSR count). The smallest absolute Gasteiger partial charge is 0.407 e. The largest absolute Gasteiger partial charge is 0.488 e. The standard InChI is InChI=1S/C44H55N7O7S/c1-10-33-27-50(59(54,55)37-15-13-12-14-36(37)57-33)26-32-23-31(17-16-28(32)3)39(34-18-19-35-40(29(34)4)48-49-51(35)11-2)44(8,9)38(52)22-30-24-46-41(47-25-30)56-21-20-45-42(53)58-43(5,6)7/h12-19,23-25,33,39H,10-11,20-22,26-27H2,1-9H3,(H,45,53)/t33-,39+/m1/s1. The number of nitrogens with one attached hydrogen (secondary N) is 1. The van der Waals surface area contributed by atoms with Gasteiger partial charge in [-0.1, -0.05) is 62.4 Å². The normalized spacial score (nSPS) is 16.1. The first-order valence-corrected chi connectivity index (χ1v) is 21.5. The number of alkyl carbamates (subject to hydrolysis) is 1. The van der Waals surface area contributed by atoms with E-state index >= 15 is 0 Å². The number of hydrogen-bond acceptors (Lipinski definition) is 11. The van der Waals surface area contributed by atoms with Gasteiger partial charge in [0.1, 0.15) is 40.3 Å². The summed E-state index contributed by atoms with van der Waals surface area (Å²) in [6, 6.07) is 17.0. The fraction of sp³-hybridized carbons (Fsp3) is 0.455. The van der Waals surface area contributed by atoms with Gasteiger partial charge >= 0.3 is 12.1 Å². The predicted octanol–water partition coefficient (Wildman–Crippen LogP) is 7.09. The first kappa shape index (κ1) is 43.2. The molecule has 0 bridgehead atoms. The number of fused-ring (bicyclic) bond motifs is 2. The van der Waals surface area contributed by atoms with E-state index in [4.69, 9.17) is 14.2 Å². The molecule has 3 heterocycles. The summed E-state index contributed by atoms with van der Waals surface area (Å²) in [5, 5.41) is 11.5. The molecule has 59 heavy (non-hydrogen) atoms. The summed E-state index contributed by atoms with van der Waals surface area (Å²) in [4.78, 5) is 35.3. The Kier molecular flexibility index (Phi) is 12.8. The van der Waals surface area contributed by atoms with Crippen LogP contribution in [0.4, 0.5) is 4.79 Å². The lowest BCUT2D eigenvalue weighted by atomic mass is 9.66. The van der Waals surface area contributed by atoms with Gasteiger partial charge in [-0.05, 0) is 99.5 Å². The fourth-order valence-corrected chi connectivity index (χ4v) is 9.01. The van der Waals surface area contributed by atoms with Gasteiger partial charge in [0.2, 0.25) is 10.0 Å². The fourth-order valence-electron chi connectivity index (χ4n) is 7.44. The van der Waals surface area contributed by atoms with Crippen molar-refractivity contribution in [1.29, 1.82) is 0 Å². The third-order valence-electron chi connectivity index (χ3n) is 10.8. The Labute approximate surface area is 346 Å². The maximum atomic E-state index is 14.6. The highest BCUT2D eigenvalue weighted by Gasteiger charge is 2.40. The molecule has 14 nitrogen and oxygen atoms in total. The topological polar surface area (TPSA) is 168 Å². The highest BCUT2D eigenvalue weighted by Crippen LogP contribution is 2.45. The van der Waals surface area contributed by atoms with E-state index in [1.807, 2.05) is 70.5 Å². The van der Waals surface area contributed by atoms with Crippen molar-refractivity contribution >= 4 is 32.9 Å². The van der Waals surface area contributed by atoms with Crippen LogP contribution in [-0.2, 0) is 39.1 Å². The lowest BCUT2D eigenvalue weighted by Gasteiger charge is -2.35. The molecule has 1 aliphatic rings. The zero-order valence-corrected chi connectivity index (χ0v) is 36.2. The minimum Gasteiger partial charge on any atom is -0.488 e. The first-order chi connectivity index (χ1) is 27.9. The lowest BCUT2D eigenvalue weighted by molar-refractivity contribution is -0.127. The molecule has 0 saturated heterocycles. The number of ether oxygens (including phenoxy) is 3. The van der Waals surface area contributed by atoms with Crippen LogP contribution in [0.2, 0.25) is 0 Å². The molecule has 0 unspecified atom stereocenters. The zero-order valence-electron chi connectivity index (χ0n) is 35.4. The Morgan fingerprint density at radius 2 is 1.73 bits per heavy atom. The number of benzene rings is 3. The van der Waals surface area contributed by atoms with E-state index in [1.165, 1.54) is 4.31 Å². The van der Waals surface area contributed by atoms with Crippen molar-refractivity contribution in [3.63, 3.8) is 0 Å². The van der Waals surface area contributed by atoms with Crippen LogP contribution < -0.4 is 14.8 Å². The number of ketones is 1. The molecule has 3 aromatic carbocycles. The lowest BCUT2D eigenvalue weighted by Crippen LogP contribution is -2.37. The van der Waals surface area contributed by atoms with Gasteiger partial charge in [-0.15, -0.1) is 5.10 Å². The number of amides is 1. The summed E-state index contributed by atoms with van der Waals surface area (Å²) in [6.45, 7) is 18.5. The first-order valence-electron chi connectivity index (χ1n) is 20.0. The van der Waals surface area contributed by atoms with Gasteiger partial charge in [-0.3, -0.25) is 4.79 Å². The number of Topliss-reactive ketones (excluding diaryl/α,β-unsaturated/α-hetero) is 1. The van der Waals surface area contributed by atoms with Gasteiger partial charge in [0.25, 0.3) is 0 Å². The van der Waals surface area contributed by atoms with Crippen molar-refractivity contribution in [3.05, 3.63) is 100 Å². The number of sulfonamides is 1. The molecule has 1 amide bonds. The van der Waals surface area contributed by atoms with E-state index in [2.05, 4.69) is 31.7 Å². The molecule has 0 spiro atoms. The van der Waals surface area contributed by atoms with Crippen LogP contribution >= 0.6 is 0 Å². The maximum absolute atomic E-state index is 14.6. The van der Waals surface area contributed by atoms with Gasteiger partial charge in [0, 0.05) is 43.2 Å². The molecule has 0 radical (unpaired) electrons. The van der Waals surface area contributed by atoms with Crippen molar-refractivity contribution in [2.75, 3.05) is 19.7 Å². The number of aromatic nitrogens is 5. The SMILES string of the molecule is CC[C@@H]1CN(Cc2cc([C@@H](c3ccc4c(nnn4CC)c3C)C(C)(C)C(=O)Cc3cnc(OCCNC(=O)OC(C)(C)C)nc3)ccc2C)S(=O)(=O)c2ccccc2O1. The van der Waals surface area contributed by atoms with Crippen molar-refractivity contribution < 1.29 is 32.2 Å². The highest BCUT2D eigenvalue weighted by atomic mass is 32.2. The number of aryl methyl sites for hydroxylation is 3. The van der Waals surface area contributed by atoms with Crippen LogP contribution in [0, 0.1) is 19.3 Å². The average molecular weight is 826 g/mol. The van der Waals surface area contributed by atoms with Crippen LogP contribution in [0.1, 0.15) is 94.2 Å². The van der Waals surface area contributed by atoms with E-state index in [9.17, 15) is 18.0 Å². The van der Waals surface area contributed by atoms with E-state index < -0.39 is 33.1 Å². The molecular weight excluding hydrogens is 771 g/mol. The minimum absolute atomic E-state index is 0.0465. The third-order valence-corrected chi connectivity index (χ3v) is 12.6. The Balaban J connectivity index is 1.30. The van der Waals surface area contributed by atoms with Crippen LogP contribution in [0.15, 0.2) is 71.9 Å². The summed E-state index contributed by atoms with van der Waals surface area (Å²) >= 11 is 0. The summed E-state index contributed by atoms with van der Waals surface area (Å²) in [5.41, 5.74) is 5.14. The minimum atomic E-state index is -3.90. The summed E-state index contributed by atoms with van der Waals surface area (Å²) in [6.07, 6.45) is 2.97. The van der Waals surface area contributed by atoms with Crippen molar-refractivity contribution in [2.45, 2.75) is 111 Å². The van der Waals surface area contributed by atoms with Gasteiger partial charge in [0.15, 0.2) is 0 Å². The molecular formula is C44H55N7O7S. The molecule has 0 saturated carbocycles. The molecule has 0 fully saturated rings. The van der Waals surface area contributed by atoms with E-state index in [-0.39, 0.29) is 55.5 Å². The van der Waals surface area contributed by atoms with E-state index in [1.54, 1.807) is 57.4 Å². The van der Waals surface area contributed by atoms with Crippen LogP contribution in [-0.4, -0.2) is 81.0 Å². The molecule has 15 heteroatoms. The zero-order chi connectivity index (χ0) is 42.7.